The van der Waals surface area contributed by atoms with Crippen LogP contribution in [0.4, 0.5) is 0 Å². The zero-order valence-electron chi connectivity index (χ0n) is 12.8. The van der Waals surface area contributed by atoms with Gasteiger partial charge in [0.05, 0.1) is 11.6 Å². The summed E-state index contributed by atoms with van der Waals surface area (Å²) in [6.45, 7) is 0.787. The topological polar surface area (TPSA) is 49.3 Å². The van der Waals surface area contributed by atoms with Crippen molar-refractivity contribution in [3.05, 3.63) is 46.7 Å². The highest BCUT2D eigenvalue weighted by molar-refractivity contribution is 7.07. The number of nitrogens with zero attached hydrogens (tertiary/aromatic N) is 4. The summed E-state index contributed by atoms with van der Waals surface area (Å²) < 4.78 is 0. The molecule has 2 atom stereocenters. The summed E-state index contributed by atoms with van der Waals surface area (Å²) in [7, 11) is 4.17. The first kappa shape index (κ1) is 15.1. The highest BCUT2D eigenvalue weighted by Crippen LogP contribution is 2.26. The standard InChI is InChI=1S/C16H20N4OS/c1-19(2)14-5-8-20(16(21)13-10-22-11-18-13)15(14)9-12-3-6-17-7-4-12/h3-4,6-7,10-11,14-15H,5,8-9H2,1-2H3/t14-,15+/m1/s1. The van der Waals surface area contributed by atoms with Gasteiger partial charge >= 0.3 is 0 Å². The molecule has 5 nitrogen and oxygen atoms in total. The van der Waals surface area contributed by atoms with Crippen molar-refractivity contribution in [2.24, 2.45) is 0 Å². The number of carbonyl (C=O) groups excluding carboxylic acids is 1. The van der Waals surface area contributed by atoms with E-state index in [1.54, 1.807) is 5.51 Å². The third-order valence-corrected chi connectivity index (χ3v) is 4.87. The van der Waals surface area contributed by atoms with E-state index in [9.17, 15) is 4.79 Å². The Bertz CT molecular complexity index is 614. The van der Waals surface area contributed by atoms with Crippen LogP contribution in [0, 0.1) is 0 Å². The van der Waals surface area contributed by atoms with E-state index < -0.39 is 0 Å². The Hall–Kier alpha value is -1.79. The molecule has 0 bridgehead atoms. The minimum absolute atomic E-state index is 0.0460. The van der Waals surface area contributed by atoms with E-state index in [1.165, 1.54) is 16.9 Å². The summed E-state index contributed by atoms with van der Waals surface area (Å²) in [5.74, 6) is 0.0460. The molecule has 0 aliphatic carbocycles. The number of hydrogen-bond acceptors (Lipinski definition) is 5. The summed E-state index contributed by atoms with van der Waals surface area (Å²) in [6, 6.07) is 4.59. The van der Waals surface area contributed by atoms with Crippen LogP contribution < -0.4 is 0 Å². The summed E-state index contributed by atoms with van der Waals surface area (Å²) in [5, 5.41) is 1.83. The van der Waals surface area contributed by atoms with Crippen LogP contribution in [0.1, 0.15) is 22.5 Å². The molecule has 1 fully saturated rings. The molecule has 2 aromatic rings. The molecule has 1 aliphatic heterocycles. The maximum Gasteiger partial charge on any atom is 0.273 e. The lowest BCUT2D eigenvalue weighted by Crippen LogP contribution is -2.45. The molecule has 1 aliphatic rings. The van der Waals surface area contributed by atoms with Crippen LogP contribution in [0.2, 0.25) is 0 Å². The van der Waals surface area contributed by atoms with Crippen LogP contribution in [0.3, 0.4) is 0 Å². The van der Waals surface area contributed by atoms with Crippen molar-refractivity contribution in [1.82, 2.24) is 19.8 Å². The van der Waals surface area contributed by atoms with E-state index in [4.69, 9.17) is 0 Å². The average Bonchev–Trinajstić information content (AvgIpc) is 3.17. The molecular weight excluding hydrogens is 296 g/mol. The fraction of sp³-hybridized carbons (Fsp3) is 0.438. The molecule has 1 saturated heterocycles. The Balaban J connectivity index is 1.84. The maximum atomic E-state index is 12.7. The number of likely N-dealkylation sites (N-methyl/N-ethyl adjacent to an activating group) is 1. The number of likely N-dealkylation sites (tertiary alicyclic amines) is 1. The number of pyridine rings is 1. The molecule has 0 radical (unpaired) electrons. The van der Waals surface area contributed by atoms with Crippen molar-refractivity contribution in [1.29, 1.82) is 0 Å². The fourth-order valence-electron chi connectivity index (χ4n) is 3.16. The van der Waals surface area contributed by atoms with Gasteiger partial charge in [0.15, 0.2) is 0 Å². The van der Waals surface area contributed by atoms with Crippen molar-refractivity contribution in [3.63, 3.8) is 0 Å². The summed E-state index contributed by atoms with van der Waals surface area (Å²) in [6.07, 6.45) is 5.46. The quantitative estimate of drug-likeness (QED) is 0.865. The van der Waals surface area contributed by atoms with E-state index in [2.05, 4.69) is 29.0 Å². The van der Waals surface area contributed by atoms with Gasteiger partial charge in [0.1, 0.15) is 5.69 Å². The molecule has 3 heterocycles. The first-order chi connectivity index (χ1) is 10.7. The normalized spacial score (nSPS) is 21.5. The van der Waals surface area contributed by atoms with Gasteiger partial charge in [0.25, 0.3) is 5.91 Å². The van der Waals surface area contributed by atoms with Gasteiger partial charge in [-0.05, 0) is 44.6 Å². The fourth-order valence-corrected chi connectivity index (χ4v) is 3.69. The lowest BCUT2D eigenvalue weighted by molar-refractivity contribution is 0.0699. The smallest absolute Gasteiger partial charge is 0.273 e. The van der Waals surface area contributed by atoms with Crippen molar-refractivity contribution in [2.45, 2.75) is 24.9 Å². The Morgan fingerprint density at radius 3 is 2.82 bits per heavy atom. The van der Waals surface area contributed by atoms with Crippen molar-refractivity contribution < 1.29 is 4.79 Å². The number of rotatable bonds is 4. The SMILES string of the molecule is CN(C)[C@@H]1CCN(C(=O)c2cscn2)[C@H]1Cc1ccncc1. The highest BCUT2D eigenvalue weighted by atomic mass is 32.1. The molecule has 6 heteroatoms. The summed E-state index contributed by atoms with van der Waals surface area (Å²) in [4.78, 5) is 25.2. The Kier molecular flexibility index (Phi) is 4.49. The van der Waals surface area contributed by atoms with Gasteiger partial charge < -0.3 is 9.80 Å². The lowest BCUT2D eigenvalue weighted by Gasteiger charge is -2.31. The maximum absolute atomic E-state index is 12.7. The second-order valence-electron chi connectivity index (χ2n) is 5.82. The van der Waals surface area contributed by atoms with E-state index >= 15 is 0 Å². The van der Waals surface area contributed by atoms with Gasteiger partial charge in [-0.2, -0.15) is 0 Å². The molecule has 0 aromatic carbocycles. The average molecular weight is 316 g/mol. The number of thiazole rings is 1. The zero-order valence-corrected chi connectivity index (χ0v) is 13.7. The van der Waals surface area contributed by atoms with E-state index in [1.807, 2.05) is 34.8 Å². The molecule has 0 spiro atoms. The van der Waals surface area contributed by atoms with Crippen LogP contribution >= 0.6 is 11.3 Å². The van der Waals surface area contributed by atoms with Gasteiger partial charge in [-0.15, -0.1) is 11.3 Å². The van der Waals surface area contributed by atoms with Crippen LogP contribution in [0.15, 0.2) is 35.4 Å². The highest BCUT2D eigenvalue weighted by Gasteiger charge is 2.38. The minimum Gasteiger partial charge on any atom is -0.332 e. The Morgan fingerprint density at radius 1 is 1.41 bits per heavy atom. The monoisotopic (exact) mass is 316 g/mol. The second-order valence-corrected chi connectivity index (χ2v) is 6.54. The molecule has 2 aromatic heterocycles. The number of carbonyl (C=O) groups is 1. The first-order valence-electron chi connectivity index (χ1n) is 7.41. The van der Waals surface area contributed by atoms with Crippen LogP contribution in [-0.4, -0.2) is 58.4 Å². The number of amides is 1. The van der Waals surface area contributed by atoms with E-state index in [0.717, 1.165) is 19.4 Å². The van der Waals surface area contributed by atoms with E-state index in [-0.39, 0.29) is 11.9 Å². The van der Waals surface area contributed by atoms with E-state index in [0.29, 0.717) is 11.7 Å². The lowest BCUT2D eigenvalue weighted by atomic mass is 10.00. The van der Waals surface area contributed by atoms with Crippen molar-refractivity contribution in [3.8, 4) is 0 Å². The molecule has 1 amide bonds. The van der Waals surface area contributed by atoms with Crippen LogP contribution in [0.25, 0.3) is 0 Å². The molecule has 3 rings (SSSR count). The van der Waals surface area contributed by atoms with Crippen molar-refractivity contribution in [2.75, 3.05) is 20.6 Å². The van der Waals surface area contributed by atoms with Gasteiger partial charge in [-0.3, -0.25) is 9.78 Å². The van der Waals surface area contributed by atoms with Gasteiger partial charge in [0.2, 0.25) is 0 Å². The largest absolute Gasteiger partial charge is 0.332 e. The molecular formula is C16H20N4OS. The minimum atomic E-state index is 0.0460. The predicted octanol–water partition coefficient (Wildman–Crippen LogP) is 1.93. The van der Waals surface area contributed by atoms with Crippen LogP contribution in [-0.2, 0) is 6.42 Å². The molecule has 0 saturated carbocycles. The molecule has 22 heavy (non-hydrogen) atoms. The second kappa shape index (κ2) is 6.54. The Labute approximate surface area is 134 Å². The van der Waals surface area contributed by atoms with Crippen molar-refractivity contribution >= 4 is 17.2 Å². The summed E-state index contributed by atoms with van der Waals surface area (Å²) in [5.41, 5.74) is 3.49. The third kappa shape index (κ3) is 3.03. The Morgan fingerprint density at radius 2 is 2.18 bits per heavy atom. The third-order valence-electron chi connectivity index (χ3n) is 4.28. The van der Waals surface area contributed by atoms with Gasteiger partial charge in [-0.1, -0.05) is 0 Å². The van der Waals surface area contributed by atoms with Crippen LogP contribution in [0.5, 0.6) is 0 Å². The zero-order chi connectivity index (χ0) is 15.5. The predicted molar refractivity (Wildman–Crippen MR) is 87.0 cm³/mol. The molecule has 0 unspecified atom stereocenters. The first-order valence-corrected chi connectivity index (χ1v) is 8.35. The van der Waals surface area contributed by atoms with Gasteiger partial charge in [0, 0.05) is 30.4 Å². The molecule has 0 N–H and O–H groups in total. The van der Waals surface area contributed by atoms with Gasteiger partial charge in [-0.25, -0.2) is 4.98 Å². The summed E-state index contributed by atoms with van der Waals surface area (Å²) >= 11 is 1.46. The molecule has 116 valence electrons. The number of aromatic nitrogens is 2. The number of hydrogen-bond donors (Lipinski definition) is 0.